The monoisotopic (exact) mass is 196 g/mol. The minimum Gasteiger partial charge on any atom is -0.225 e. The maximum absolute atomic E-state index is 8.78. The van der Waals surface area contributed by atoms with Crippen LogP contribution in [0.2, 0.25) is 0 Å². The van der Waals surface area contributed by atoms with Crippen molar-refractivity contribution in [3.63, 3.8) is 0 Å². The molecule has 0 amide bonds. The molecule has 0 aromatic carbocycles. The lowest BCUT2D eigenvalue weighted by Crippen LogP contribution is -2.33. The molecular formula is C10H16N2S. The van der Waals surface area contributed by atoms with Gasteiger partial charge in [-0.05, 0) is 39.6 Å². The normalized spacial score (nSPS) is 27.8. The van der Waals surface area contributed by atoms with Crippen LogP contribution in [-0.4, -0.2) is 10.5 Å². The molecule has 13 heavy (non-hydrogen) atoms. The minimum absolute atomic E-state index is 0.128. The number of nitrogens with zero attached hydrogens (tertiary/aromatic N) is 2. The molecule has 0 saturated heterocycles. The van der Waals surface area contributed by atoms with E-state index in [0.29, 0.717) is 0 Å². The van der Waals surface area contributed by atoms with Crippen molar-refractivity contribution in [1.29, 1.82) is 5.26 Å². The fraction of sp³-hybridized carbons (Fsp3) is 0.800. The molecule has 0 aliphatic heterocycles. The predicted molar refractivity (Wildman–Crippen MR) is 57.7 cm³/mol. The Balaban J connectivity index is 2.41. The molecule has 0 aromatic heterocycles. The van der Waals surface area contributed by atoms with Crippen molar-refractivity contribution in [2.45, 2.75) is 45.3 Å². The van der Waals surface area contributed by atoms with Crippen LogP contribution >= 0.6 is 11.9 Å². The summed E-state index contributed by atoms with van der Waals surface area (Å²) in [5, 5.41) is 8.78. The standard InChI is InChI=1S/C10H16N2S/c1-9(2,3)13-12-8-5-10(4,6-8)7-11/h5-6H2,1-4H3. The Labute approximate surface area is 84.6 Å². The van der Waals surface area contributed by atoms with Gasteiger partial charge in [-0.25, -0.2) is 4.40 Å². The van der Waals surface area contributed by atoms with E-state index in [-0.39, 0.29) is 10.2 Å². The van der Waals surface area contributed by atoms with Gasteiger partial charge >= 0.3 is 0 Å². The van der Waals surface area contributed by atoms with Crippen LogP contribution in [0.5, 0.6) is 0 Å². The lowest BCUT2D eigenvalue weighted by molar-refractivity contribution is 0.415. The van der Waals surface area contributed by atoms with Crippen LogP contribution in [0.1, 0.15) is 40.5 Å². The molecule has 2 nitrogen and oxygen atoms in total. The first-order valence-electron chi connectivity index (χ1n) is 4.50. The van der Waals surface area contributed by atoms with Gasteiger partial charge in [-0.15, -0.1) is 0 Å². The Kier molecular flexibility index (Phi) is 2.72. The summed E-state index contributed by atoms with van der Waals surface area (Å²) in [7, 11) is 0. The van der Waals surface area contributed by atoms with Gasteiger partial charge in [0.2, 0.25) is 0 Å². The third-order valence-electron chi connectivity index (χ3n) is 1.91. The van der Waals surface area contributed by atoms with E-state index in [1.54, 1.807) is 11.9 Å². The van der Waals surface area contributed by atoms with E-state index in [0.717, 1.165) is 12.8 Å². The molecule has 0 spiro atoms. The average molecular weight is 196 g/mol. The molecule has 0 unspecified atom stereocenters. The van der Waals surface area contributed by atoms with Crippen molar-refractivity contribution in [2.24, 2.45) is 9.81 Å². The molecule has 1 saturated carbocycles. The van der Waals surface area contributed by atoms with Crippen LogP contribution in [-0.2, 0) is 0 Å². The number of hydrogen-bond acceptors (Lipinski definition) is 3. The topological polar surface area (TPSA) is 36.1 Å². The maximum Gasteiger partial charge on any atom is 0.0694 e. The summed E-state index contributed by atoms with van der Waals surface area (Å²) in [4.78, 5) is 0. The molecule has 0 bridgehead atoms. The lowest BCUT2D eigenvalue weighted by Gasteiger charge is -2.33. The first-order chi connectivity index (χ1) is 5.85. The Morgan fingerprint density at radius 1 is 1.46 bits per heavy atom. The second-order valence-electron chi connectivity index (χ2n) is 4.89. The molecule has 0 heterocycles. The quantitative estimate of drug-likeness (QED) is 0.604. The van der Waals surface area contributed by atoms with E-state index >= 15 is 0 Å². The van der Waals surface area contributed by atoms with E-state index < -0.39 is 0 Å². The molecule has 1 aliphatic rings. The van der Waals surface area contributed by atoms with Crippen molar-refractivity contribution in [3.8, 4) is 6.07 Å². The van der Waals surface area contributed by atoms with E-state index in [1.807, 2.05) is 6.92 Å². The van der Waals surface area contributed by atoms with E-state index in [1.165, 1.54) is 5.71 Å². The Bertz CT molecular complexity index is 260. The van der Waals surface area contributed by atoms with Crippen molar-refractivity contribution >= 4 is 17.7 Å². The van der Waals surface area contributed by atoms with Crippen LogP contribution in [0.4, 0.5) is 0 Å². The zero-order valence-electron chi connectivity index (χ0n) is 8.72. The average Bonchev–Trinajstić information content (AvgIpc) is 1.94. The fourth-order valence-corrected chi connectivity index (χ4v) is 1.73. The highest BCUT2D eigenvalue weighted by Gasteiger charge is 2.37. The zero-order chi connectivity index (χ0) is 10.1. The van der Waals surface area contributed by atoms with Crippen LogP contribution in [0.15, 0.2) is 4.40 Å². The molecule has 72 valence electrons. The fourth-order valence-electron chi connectivity index (χ4n) is 1.19. The summed E-state index contributed by atoms with van der Waals surface area (Å²) < 4.78 is 4.61. The smallest absolute Gasteiger partial charge is 0.0694 e. The third kappa shape index (κ3) is 3.04. The summed E-state index contributed by atoms with van der Waals surface area (Å²) in [6.45, 7) is 8.42. The molecular weight excluding hydrogens is 180 g/mol. The third-order valence-corrected chi connectivity index (χ3v) is 2.80. The molecule has 0 N–H and O–H groups in total. The van der Waals surface area contributed by atoms with Crippen LogP contribution in [0.25, 0.3) is 0 Å². The summed E-state index contributed by atoms with van der Waals surface area (Å²) in [5.41, 5.74) is 1.06. The van der Waals surface area contributed by atoms with E-state index in [9.17, 15) is 0 Å². The molecule has 1 fully saturated rings. The van der Waals surface area contributed by atoms with Gasteiger partial charge in [0.25, 0.3) is 0 Å². The Morgan fingerprint density at radius 3 is 2.38 bits per heavy atom. The highest BCUT2D eigenvalue weighted by molar-refractivity contribution is 7.99. The van der Waals surface area contributed by atoms with Gasteiger partial charge in [0.1, 0.15) is 0 Å². The highest BCUT2D eigenvalue weighted by Crippen LogP contribution is 2.39. The second kappa shape index (κ2) is 3.34. The van der Waals surface area contributed by atoms with Gasteiger partial charge < -0.3 is 0 Å². The summed E-state index contributed by atoms with van der Waals surface area (Å²) in [5.74, 6) is 0. The first kappa shape index (κ1) is 10.6. The van der Waals surface area contributed by atoms with Crippen LogP contribution in [0, 0.1) is 16.7 Å². The highest BCUT2D eigenvalue weighted by atomic mass is 32.2. The lowest BCUT2D eigenvalue weighted by atomic mass is 9.70. The Hall–Kier alpha value is -0.490. The van der Waals surface area contributed by atoms with E-state index in [4.69, 9.17) is 5.26 Å². The van der Waals surface area contributed by atoms with Gasteiger partial charge in [-0.2, -0.15) is 5.26 Å². The predicted octanol–water partition coefficient (Wildman–Crippen LogP) is 3.20. The van der Waals surface area contributed by atoms with Crippen molar-refractivity contribution in [2.75, 3.05) is 0 Å². The van der Waals surface area contributed by atoms with Gasteiger partial charge in [0.05, 0.1) is 11.5 Å². The molecule has 0 radical (unpaired) electrons. The van der Waals surface area contributed by atoms with E-state index in [2.05, 4.69) is 31.2 Å². The molecule has 1 aliphatic carbocycles. The van der Waals surface area contributed by atoms with Crippen LogP contribution < -0.4 is 0 Å². The Morgan fingerprint density at radius 2 is 2.00 bits per heavy atom. The van der Waals surface area contributed by atoms with Gasteiger partial charge in [0, 0.05) is 23.3 Å². The van der Waals surface area contributed by atoms with Crippen molar-refractivity contribution < 1.29 is 0 Å². The van der Waals surface area contributed by atoms with Gasteiger partial charge in [-0.3, -0.25) is 0 Å². The maximum atomic E-state index is 8.78. The van der Waals surface area contributed by atoms with Gasteiger partial charge in [0.15, 0.2) is 0 Å². The summed E-state index contributed by atoms with van der Waals surface area (Å²) in [6.07, 6.45) is 1.71. The van der Waals surface area contributed by atoms with Crippen molar-refractivity contribution in [1.82, 2.24) is 0 Å². The number of hydrogen-bond donors (Lipinski definition) is 0. The summed E-state index contributed by atoms with van der Waals surface area (Å²) >= 11 is 1.61. The first-order valence-corrected chi connectivity index (χ1v) is 5.27. The summed E-state index contributed by atoms with van der Waals surface area (Å²) in [6, 6.07) is 2.31. The molecule has 0 aromatic rings. The van der Waals surface area contributed by atoms with Crippen molar-refractivity contribution in [3.05, 3.63) is 0 Å². The van der Waals surface area contributed by atoms with Crippen LogP contribution in [0.3, 0.4) is 0 Å². The van der Waals surface area contributed by atoms with Gasteiger partial charge in [-0.1, -0.05) is 0 Å². The number of nitriles is 1. The largest absolute Gasteiger partial charge is 0.225 e. The minimum atomic E-state index is -0.128. The molecule has 1 rings (SSSR count). The second-order valence-corrected chi connectivity index (χ2v) is 6.48. The number of rotatable bonds is 1. The zero-order valence-corrected chi connectivity index (χ0v) is 9.53. The SMILES string of the molecule is CC1(C#N)CC(=NSC(C)(C)C)C1. The molecule has 3 heteroatoms. The molecule has 0 atom stereocenters.